The van der Waals surface area contributed by atoms with Crippen LogP contribution in [0.4, 0.5) is 0 Å². The molecule has 1 aliphatic rings. The van der Waals surface area contributed by atoms with E-state index in [-0.39, 0.29) is 13.2 Å². The van der Waals surface area contributed by atoms with Crippen LogP contribution in [0.1, 0.15) is 36.0 Å². The van der Waals surface area contributed by atoms with E-state index in [4.69, 9.17) is 14.4 Å². The fourth-order valence-electron chi connectivity index (χ4n) is 1.73. The van der Waals surface area contributed by atoms with Crippen molar-refractivity contribution in [1.29, 1.82) is 0 Å². The highest BCUT2D eigenvalue weighted by atomic mass is 79.9. The molecule has 0 radical (unpaired) electrons. The lowest BCUT2D eigenvalue weighted by Crippen LogP contribution is -1.97. The van der Waals surface area contributed by atoms with Gasteiger partial charge in [0.2, 0.25) is 0 Å². The third-order valence-corrected chi connectivity index (χ3v) is 3.58. The molecule has 1 N–H and O–H groups in total. The van der Waals surface area contributed by atoms with Crippen LogP contribution in [0.3, 0.4) is 0 Å². The largest absolute Gasteiger partial charge is 0.483 e. The first kappa shape index (κ1) is 12.6. The maximum atomic E-state index is 9.03. The van der Waals surface area contributed by atoms with Crippen LogP contribution < -0.4 is 4.74 Å². The Bertz CT molecular complexity index is 581. The van der Waals surface area contributed by atoms with Gasteiger partial charge in [0.25, 0.3) is 5.89 Å². The fourth-order valence-corrected chi connectivity index (χ4v) is 2.27. The Kier molecular flexibility index (Phi) is 3.52. The molecule has 1 aromatic carbocycles. The average molecular weight is 325 g/mol. The molecule has 19 heavy (non-hydrogen) atoms. The molecule has 0 saturated heterocycles. The van der Waals surface area contributed by atoms with E-state index in [0.717, 1.165) is 28.7 Å². The lowest BCUT2D eigenvalue weighted by Gasteiger charge is -2.06. The van der Waals surface area contributed by atoms with E-state index in [1.165, 1.54) is 0 Å². The number of aliphatic hydroxyl groups excluding tert-OH is 1. The van der Waals surface area contributed by atoms with Crippen LogP contribution in [0.2, 0.25) is 0 Å². The van der Waals surface area contributed by atoms with Gasteiger partial charge in [-0.1, -0.05) is 11.2 Å². The lowest BCUT2D eigenvalue weighted by atomic mass is 10.2. The van der Waals surface area contributed by atoms with Crippen LogP contribution >= 0.6 is 15.9 Å². The third kappa shape index (κ3) is 2.96. The second kappa shape index (κ2) is 5.30. The van der Waals surface area contributed by atoms with E-state index in [0.29, 0.717) is 17.6 Å². The second-order valence-corrected chi connectivity index (χ2v) is 5.39. The zero-order valence-electron chi connectivity index (χ0n) is 10.2. The highest BCUT2D eigenvalue weighted by Gasteiger charge is 2.28. The molecule has 100 valence electrons. The van der Waals surface area contributed by atoms with Gasteiger partial charge >= 0.3 is 0 Å². The summed E-state index contributed by atoms with van der Waals surface area (Å²) in [7, 11) is 0. The molecule has 1 heterocycles. The summed E-state index contributed by atoms with van der Waals surface area (Å²) in [6, 6.07) is 5.43. The molecule has 0 spiro atoms. The monoisotopic (exact) mass is 324 g/mol. The number of hydrogen-bond acceptors (Lipinski definition) is 5. The number of aromatic nitrogens is 2. The van der Waals surface area contributed by atoms with Gasteiger partial charge < -0.3 is 14.4 Å². The molecular formula is C13H13BrN2O3. The van der Waals surface area contributed by atoms with Crippen molar-refractivity contribution in [3.8, 4) is 5.75 Å². The van der Waals surface area contributed by atoms with Gasteiger partial charge in [-0.15, -0.1) is 0 Å². The summed E-state index contributed by atoms with van der Waals surface area (Å²) in [5, 5.41) is 13.0. The van der Waals surface area contributed by atoms with E-state index in [1.807, 2.05) is 12.1 Å². The third-order valence-electron chi connectivity index (χ3n) is 2.96. The molecule has 3 rings (SSSR count). The van der Waals surface area contributed by atoms with Crippen molar-refractivity contribution in [3.63, 3.8) is 0 Å². The quantitative estimate of drug-likeness (QED) is 0.915. The molecule has 5 nitrogen and oxygen atoms in total. The van der Waals surface area contributed by atoms with Crippen molar-refractivity contribution in [2.45, 2.75) is 32.0 Å². The van der Waals surface area contributed by atoms with Gasteiger partial charge in [-0.05, 0) is 46.5 Å². The molecule has 0 unspecified atom stereocenters. The zero-order chi connectivity index (χ0) is 13.2. The van der Waals surface area contributed by atoms with Gasteiger partial charge in [0.05, 0.1) is 11.1 Å². The Morgan fingerprint density at radius 3 is 2.95 bits per heavy atom. The van der Waals surface area contributed by atoms with Crippen molar-refractivity contribution in [2.75, 3.05) is 0 Å². The lowest BCUT2D eigenvalue weighted by molar-refractivity contribution is 0.241. The number of aliphatic hydroxyl groups is 1. The summed E-state index contributed by atoms with van der Waals surface area (Å²) >= 11 is 3.40. The molecule has 0 bridgehead atoms. The molecule has 1 aromatic heterocycles. The summed E-state index contributed by atoms with van der Waals surface area (Å²) in [5.74, 6) is 2.43. The van der Waals surface area contributed by atoms with Crippen LogP contribution in [0.25, 0.3) is 0 Å². The van der Waals surface area contributed by atoms with Gasteiger partial charge in [-0.3, -0.25) is 0 Å². The molecular weight excluding hydrogens is 312 g/mol. The Balaban J connectivity index is 1.64. The van der Waals surface area contributed by atoms with Gasteiger partial charge in [-0.2, -0.15) is 4.98 Å². The van der Waals surface area contributed by atoms with E-state index >= 15 is 0 Å². The van der Waals surface area contributed by atoms with Crippen molar-refractivity contribution < 1.29 is 14.4 Å². The predicted molar refractivity (Wildman–Crippen MR) is 70.7 cm³/mol. The van der Waals surface area contributed by atoms with Crippen molar-refractivity contribution in [3.05, 3.63) is 40.0 Å². The van der Waals surface area contributed by atoms with E-state index in [2.05, 4.69) is 26.1 Å². The first-order chi connectivity index (χ1) is 9.26. The number of benzene rings is 1. The molecule has 0 atom stereocenters. The Morgan fingerprint density at radius 2 is 2.26 bits per heavy atom. The maximum Gasteiger partial charge on any atom is 0.264 e. The van der Waals surface area contributed by atoms with Crippen LogP contribution in [-0.4, -0.2) is 15.2 Å². The number of rotatable bonds is 5. The molecule has 1 fully saturated rings. The predicted octanol–water partition coefficient (Wildman–Crippen LogP) is 2.78. The topological polar surface area (TPSA) is 68.4 Å². The molecule has 1 saturated carbocycles. The smallest absolute Gasteiger partial charge is 0.264 e. The van der Waals surface area contributed by atoms with Gasteiger partial charge in [0.15, 0.2) is 12.4 Å². The van der Waals surface area contributed by atoms with E-state index in [9.17, 15) is 0 Å². The molecule has 1 aliphatic carbocycles. The van der Waals surface area contributed by atoms with Crippen LogP contribution in [0.5, 0.6) is 5.75 Å². The van der Waals surface area contributed by atoms with E-state index < -0.39 is 0 Å². The van der Waals surface area contributed by atoms with Gasteiger partial charge in [-0.25, -0.2) is 0 Å². The van der Waals surface area contributed by atoms with Gasteiger partial charge in [0, 0.05) is 5.92 Å². The second-order valence-electron chi connectivity index (χ2n) is 4.53. The molecule has 0 aliphatic heterocycles. The normalized spacial score (nSPS) is 14.6. The average Bonchev–Trinajstić information content (AvgIpc) is 3.17. The fraction of sp³-hybridized carbons (Fsp3) is 0.385. The minimum absolute atomic E-state index is 0.00723. The Morgan fingerprint density at radius 1 is 1.42 bits per heavy atom. The molecule has 2 aromatic rings. The first-order valence-corrected chi connectivity index (χ1v) is 6.90. The minimum atomic E-state index is 0.00723. The van der Waals surface area contributed by atoms with Crippen molar-refractivity contribution >= 4 is 15.9 Å². The van der Waals surface area contributed by atoms with Crippen LogP contribution in [-0.2, 0) is 13.2 Å². The number of halogens is 1. The Labute approximate surface area is 118 Å². The van der Waals surface area contributed by atoms with E-state index in [1.54, 1.807) is 6.07 Å². The number of ether oxygens (including phenoxy) is 1. The highest BCUT2D eigenvalue weighted by Crippen LogP contribution is 2.38. The highest BCUT2D eigenvalue weighted by molar-refractivity contribution is 9.10. The number of hydrogen-bond donors (Lipinski definition) is 1. The molecule has 6 heteroatoms. The van der Waals surface area contributed by atoms with Gasteiger partial charge in [0.1, 0.15) is 5.75 Å². The summed E-state index contributed by atoms with van der Waals surface area (Å²) in [4.78, 5) is 4.29. The summed E-state index contributed by atoms with van der Waals surface area (Å²) in [5.41, 5.74) is 0.827. The zero-order valence-corrected chi connectivity index (χ0v) is 11.8. The molecule has 0 amide bonds. The minimum Gasteiger partial charge on any atom is -0.483 e. The summed E-state index contributed by atoms with van der Waals surface area (Å²) < 4.78 is 11.5. The van der Waals surface area contributed by atoms with Crippen molar-refractivity contribution in [2.24, 2.45) is 0 Å². The SMILES string of the molecule is OCc1ccc(OCc2nc(C3CC3)no2)c(Br)c1. The standard InChI is InChI=1S/C13H13BrN2O3/c14-10-5-8(6-17)1-4-11(10)18-7-12-15-13(16-19-12)9-2-3-9/h1,4-5,9,17H,2-3,6-7H2. The number of nitrogens with zero attached hydrogens (tertiary/aromatic N) is 2. The first-order valence-electron chi connectivity index (χ1n) is 6.11. The van der Waals surface area contributed by atoms with Crippen molar-refractivity contribution in [1.82, 2.24) is 10.1 Å². The van der Waals surface area contributed by atoms with Crippen LogP contribution in [0.15, 0.2) is 27.2 Å². The maximum absolute atomic E-state index is 9.03. The van der Waals surface area contributed by atoms with Crippen LogP contribution in [0, 0.1) is 0 Å². The summed E-state index contributed by atoms with van der Waals surface area (Å²) in [6.07, 6.45) is 2.29. The Hall–Kier alpha value is -1.40. The summed E-state index contributed by atoms with van der Waals surface area (Å²) in [6.45, 7) is 0.254.